The Morgan fingerprint density at radius 3 is 2.58 bits per heavy atom. The van der Waals surface area contributed by atoms with Crippen molar-refractivity contribution < 1.29 is 17.7 Å². The molecule has 0 saturated heterocycles. The zero-order valence-corrected chi connectivity index (χ0v) is 11.4. The van der Waals surface area contributed by atoms with Gasteiger partial charge in [0.2, 0.25) is 5.82 Å². The van der Waals surface area contributed by atoms with Crippen LogP contribution in [0.2, 0.25) is 0 Å². The Morgan fingerprint density at radius 2 is 2.11 bits per heavy atom. The van der Waals surface area contributed by atoms with Gasteiger partial charge in [-0.3, -0.25) is 10.1 Å². The van der Waals surface area contributed by atoms with E-state index in [9.17, 15) is 22.9 Å². The maximum Gasteiger partial charge on any atom is 0.304 e. The standard InChI is InChI=1S/C11H15FN2O4S/c1-3-19(17,18)7-8(2)13-9-4-5-11(14(15)16)10(12)6-9/h4-6,8,13H,3,7H2,1-2H3. The van der Waals surface area contributed by atoms with Crippen molar-refractivity contribution >= 4 is 21.2 Å². The second-order valence-electron chi connectivity index (χ2n) is 4.17. The van der Waals surface area contributed by atoms with Gasteiger partial charge >= 0.3 is 5.69 Å². The molecule has 0 bridgehead atoms. The van der Waals surface area contributed by atoms with Crippen molar-refractivity contribution in [2.75, 3.05) is 16.8 Å². The predicted octanol–water partition coefficient (Wildman–Crippen LogP) is 1.97. The summed E-state index contributed by atoms with van der Waals surface area (Å²) in [6.45, 7) is 3.19. The van der Waals surface area contributed by atoms with E-state index >= 15 is 0 Å². The highest BCUT2D eigenvalue weighted by Crippen LogP contribution is 2.21. The van der Waals surface area contributed by atoms with Gasteiger partial charge < -0.3 is 5.32 Å². The molecule has 0 aliphatic rings. The van der Waals surface area contributed by atoms with Crippen LogP contribution in [0, 0.1) is 15.9 Å². The summed E-state index contributed by atoms with van der Waals surface area (Å²) >= 11 is 0. The van der Waals surface area contributed by atoms with E-state index in [-0.39, 0.29) is 11.5 Å². The second kappa shape index (κ2) is 5.96. The SMILES string of the molecule is CCS(=O)(=O)CC(C)Nc1ccc([N+](=O)[O-])c(F)c1. The molecule has 19 heavy (non-hydrogen) atoms. The lowest BCUT2D eigenvalue weighted by molar-refractivity contribution is -0.387. The van der Waals surface area contributed by atoms with Gasteiger partial charge in [0.25, 0.3) is 0 Å². The van der Waals surface area contributed by atoms with E-state index in [2.05, 4.69) is 5.32 Å². The molecular weight excluding hydrogens is 275 g/mol. The van der Waals surface area contributed by atoms with E-state index in [1.165, 1.54) is 6.07 Å². The molecule has 0 fully saturated rings. The molecular formula is C11H15FN2O4S. The molecule has 0 spiro atoms. The summed E-state index contributed by atoms with van der Waals surface area (Å²) in [6.07, 6.45) is 0. The van der Waals surface area contributed by atoms with Gasteiger partial charge in [0, 0.05) is 29.6 Å². The molecule has 1 N–H and O–H groups in total. The Morgan fingerprint density at radius 1 is 1.47 bits per heavy atom. The normalized spacial score (nSPS) is 13.0. The maximum atomic E-state index is 13.4. The largest absolute Gasteiger partial charge is 0.381 e. The second-order valence-corrected chi connectivity index (χ2v) is 6.57. The van der Waals surface area contributed by atoms with Crippen molar-refractivity contribution in [1.29, 1.82) is 0 Å². The molecule has 0 saturated carbocycles. The fourth-order valence-electron chi connectivity index (χ4n) is 1.57. The third-order valence-electron chi connectivity index (χ3n) is 2.50. The molecule has 1 aromatic rings. The molecule has 106 valence electrons. The Hall–Kier alpha value is -1.70. The molecule has 1 aromatic carbocycles. The third kappa shape index (κ3) is 4.47. The van der Waals surface area contributed by atoms with Crippen LogP contribution in [0.1, 0.15) is 13.8 Å². The van der Waals surface area contributed by atoms with Crippen LogP contribution < -0.4 is 5.32 Å². The zero-order valence-electron chi connectivity index (χ0n) is 10.6. The van der Waals surface area contributed by atoms with Crippen molar-refractivity contribution in [3.8, 4) is 0 Å². The Bertz CT molecular complexity index is 574. The van der Waals surface area contributed by atoms with Crippen molar-refractivity contribution in [3.63, 3.8) is 0 Å². The van der Waals surface area contributed by atoms with Crippen LogP contribution in [0.15, 0.2) is 18.2 Å². The molecule has 1 atom stereocenters. The first-order chi connectivity index (χ1) is 8.75. The van der Waals surface area contributed by atoms with Crippen LogP contribution in [0.5, 0.6) is 0 Å². The number of nitro benzene ring substituents is 1. The Labute approximate surface area is 110 Å². The fourth-order valence-corrected chi connectivity index (χ4v) is 2.65. The summed E-state index contributed by atoms with van der Waals surface area (Å²) in [5, 5.41) is 13.2. The number of nitrogens with zero attached hydrogens (tertiary/aromatic N) is 1. The van der Waals surface area contributed by atoms with Crippen LogP contribution in [0.25, 0.3) is 0 Å². The lowest BCUT2D eigenvalue weighted by atomic mass is 10.2. The van der Waals surface area contributed by atoms with Crippen LogP contribution in [0.4, 0.5) is 15.8 Å². The number of sulfone groups is 1. The number of benzene rings is 1. The van der Waals surface area contributed by atoms with Gasteiger partial charge in [0.15, 0.2) is 9.84 Å². The molecule has 0 aliphatic heterocycles. The third-order valence-corrected chi connectivity index (χ3v) is 4.39. The summed E-state index contributed by atoms with van der Waals surface area (Å²) in [5.41, 5.74) is -0.304. The number of halogens is 1. The van der Waals surface area contributed by atoms with Crippen molar-refractivity contribution in [1.82, 2.24) is 0 Å². The van der Waals surface area contributed by atoms with Crippen molar-refractivity contribution in [2.24, 2.45) is 0 Å². The van der Waals surface area contributed by atoms with Crippen LogP contribution >= 0.6 is 0 Å². The van der Waals surface area contributed by atoms with Crippen molar-refractivity contribution in [2.45, 2.75) is 19.9 Å². The smallest absolute Gasteiger partial charge is 0.304 e. The van der Waals surface area contributed by atoms with Gasteiger partial charge in [-0.1, -0.05) is 6.92 Å². The maximum absolute atomic E-state index is 13.4. The van der Waals surface area contributed by atoms with Gasteiger partial charge in [-0.05, 0) is 13.0 Å². The van der Waals surface area contributed by atoms with Gasteiger partial charge in [0.05, 0.1) is 10.7 Å². The Balaban J connectivity index is 2.78. The van der Waals surface area contributed by atoms with E-state index in [0.29, 0.717) is 5.69 Å². The lowest BCUT2D eigenvalue weighted by Gasteiger charge is -2.14. The summed E-state index contributed by atoms with van der Waals surface area (Å²) in [7, 11) is -3.14. The first-order valence-corrected chi connectivity index (χ1v) is 7.48. The minimum absolute atomic E-state index is 0.0354. The quantitative estimate of drug-likeness (QED) is 0.639. The molecule has 0 heterocycles. The number of nitrogens with one attached hydrogen (secondary N) is 1. The van der Waals surface area contributed by atoms with Crippen LogP contribution in [0.3, 0.4) is 0 Å². The van der Waals surface area contributed by atoms with E-state index in [0.717, 1.165) is 12.1 Å². The summed E-state index contributed by atoms with van der Waals surface area (Å²) < 4.78 is 36.2. The average Bonchev–Trinajstić information content (AvgIpc) is 2.27. The summed E-state index contributed by atoms with van der Waals surface area (Å²) in [5.74, 6) is -1.00. The Kier molecular flexibility index (Phi) is 4.82. The highest BCUT2D eigenvalue weighted by atomic mass is 32.2. The molecule has 8 heteroatoms. The monoisotopic (exact) mass is 290 g/mol. The topological polar surface area (TPSA) is 89.3 Å². The molecule has 1 rings (SSSR count). The van der Waals surface area contributed by atoms with E-state index in [1.807, 2.05) is 0 Å². The van der Waals surface area contributed by atoms with Gasteiger partial charge in [-0.25, -0.2) is 8.42 Å². The number of rotatable bonds is 6. The van der Waals surface area contributed by atoms with Gasteiger partial charge in [-0.2, -0.15) is 4.39 Å². The molecule has 0 aromatic heterocycles. The van der Waals surface area contributed by atoms with E-state index < -0.39 is 32.3 Å². The minimum atomic E-state index is -3.14. The number of nitro groups is 1. The lowest BCUT2D eigenvalue weighted by Crippen LogP contribution is -2.26. The van der Waals surface area contributed by atoms with Crippen molar-refractivity contribution in [3.05, 3.63) is 34.1 Å². The minimum Gasteiger partial charge on any atom is -0.381 e. The first kappa shape index (κ1) is 15.4. The fraction of sp³-hybridized carbons (Fsp3) is 0.455. The highest BCUT2D eigenvalue weighted by molar-refractivity contribution is 7.91. The summed E-state index contributed by atoms with van der Waals surface area (Å²) in [6, 6.07) is 2.95. The highest BCUT2D eigenvalue weighted by Gasteiger charge is 2.16. The van der Waals surface area contributed by atoms with Crippen LogP contribution in [-0.2, 0) is 9.84 Å². The van der Waals surface area contributed by atoms with E-state index in [1.54, 1.807) is 13.8 Å². The molecule has 0 radical (unpaired) electrons. The summed E-state index contributed by atoms with van der Waals surface area (Å²) in [4.78, 5) is 9.63. The number of hydrogen-bond acceptors (Lipinski definition) is 5. The van der Waals surface area contributed by atoms with E-state index in [4.69, 9.17) is 0 Å². The molecule has 6 nitrogen and oxygen atoms in total. The zero-order chi connectivity index (χ0) is 14.6. The van der Waals surface area contributed by atoms with Gasteiger partial charge in [-0.15, -0.1) is 0 Å². The molecule has 1 unspecified atom stereocenters. The first-order valence-electron chi connectivity index (χ1n) is 5.66. The number of hydrogen-bond donors (Lipinski definition) is 1. The van der Waals surface area contributed by atoms with Gasteiger partial charge in [0.1, 0.15) is 0 Å². The predicted molar refractivity (Wildman–Crippen MR) is 70.5 cm³/mol. The van der Waals surface area contributed by atoms with Crippen LogP contribution in [-0.4, -0.2) is 30.9 Å². The molecule has 0 amide bonds. The molecule has 0 aliphatic carbocycles. The average molecular weight is 290 g/mol. The number of anilines is 1.